The molecule has 1 rings (SSSR count). The van der Waals surface area contributed by atoms with Gasteiger partial charge in [-0.15, -0.1) is 0 Å². The smallest absolute Gasteiger partial charge is 0.220 e. The van der Waals surface area contributed by atoms with Gasteiger partial charge in [-0.3, -0.25) is 9.59 Å². The van der Waals surface area contributed by atoms with Crippen molar-refractivity contribution in [2.45, 2.75) is 59.4 Å². The molecule has 1 aromatic rings. The van der Waals surface area contributed by atoms with Gasteiger partial charge in [-0.05, 0) is 42.9 Å². The molecule has 0 aromatic heterocycles. The zero-order valence-corrected chi connectivity index (χ0v) is 13.8. The van der Waals surface area contributed by atoms with Crippen LogP contribution in [0.15, 0.2) is 18.2 Å². The molecule has 1 amide bonds. The van der Waals surface area contributed by atoms with Gasteiger partial charge in [0.05, 0.1) is 0 Å². The molecular formula is C18H27NO3. The Morgan fingerprint density at radius 3 is 2.50 bits per heavy atom. The van der Waals surface area contributed by atoms with Crippen LogP contribution in [0.5, 0.6) is 5.75 Å². The molecule has 0 fully saturated rings. The van der Waals surface area contributed by atoms with Crippen molar-refractivity contribution in [1.82, 2.24) is 5.32 Å². The number of unbranched alkanes of at least 4 members (excludes halogenated alkanes) is 1. The van der Waals surface area contributed by atoms with Crippen LogP contribution in [0.2, 0.25) is 0 Å². The summed E-state index contributed by atoms with van der Waals surface area (Å²) in [7, 11) is 0. The van der Waals surface area contributed by atoms with Crippen LogP contribution in [0.4, 0.5) is 0 Å². The molecule has 2 N–H and O–H groups in total. The van der Waals surface area contributed by atoms with Gasteiger partial charge >= 0.3 is 0 Å². The van der Waals surface area contributed by atoms with Gasteiger partial charge in [-0.1, -0.05) is 26.0 Å². The van der Waals surface area contributed by atoms with E-state index in [0.29, 0.717) is 31.7 Å². The summed E-state index contributed by atoms with van der Waals surface area (Å²) in [6.45, 7) is 6.37. The number of benzene rings is 1. The molecule has 0 saturated heterocycles. The number of carbonyl (C=O) groups excluding carboxylic acids is 2. The lowest BCUT2D eigenvalue weighted by atomic mass is 10.0. The minimum Gasteiger partial charge on any atom is -0.508 e. The van der Waals surface area contributed by atoms with Crippen LogP contribution in [0.1, 0.15) is 57.1 Å². The Labute approximate surface area is 132 Å². The first-order chi connectivity index (χ1) is 10.4. The van der Waals surface area contributed by atoms with E-state index in [1.54, 1.807) is 12.1 Å². The largest absolute Gasteiger partial charge is 0.508 e. The quantitative estimate of drug-likeness (QED) is 0.686. The van der Waals surface area contributed by atoms with E-state index in [1.807, 2.05) is 26.8 Å². The normalized spacial score (nSPS) is 10.7. The Hall–Kier alpha value is -1.84. The van der Waals surface area contributed by atoms with Crippen molar-refractivity contribution in [1.29, 1.82) is 0 Å². The number of hydrogen-bond donors (Lipinski definition) is 2. The Balaban J connectivity index is 2.18. The zero-order chi connectivity index (χ0) is 16.5. The summed E-state index contributed by atoms with van der Waals surface area (Å²) in [5.74, 6) is 0.961. The van der Waals surface area contributed by atoms with Gasteiger partial charge < -0.3 is 10.4 Å². The van der Waals surface area contributed by atoms with Crippen molar-refractivity contribution in [3.05, 3.63) is 29.3 Å². The molecule has 0 bridgehead atoms. The monoisotopic (exact) mass is 305 g/mol. The van der Waals surface area contributed by atoms with Gasteiger partial charge in [-0.25, -0.2) is 0 Å². The SMILES string of the molecule is Cc1cc(CNC(=O)CCCCC(=O)CC(C)C)ccc1O. The first-order valence-corrected chi connectivity index (χ1v) is 7.95. The third-order valence-corrected chi connectivity index (χ3v) is 3.50. The Bertz CT molecular complexity index is 509. The molecule has 0 unspecified atom stereocenters. The van der Waals surface area contributed by atoms with Crippen molar-refractivity contribution in [2.75, 3.05) is 0 Å². The summed E-state index contributed by atoms with van der Waals surface area (Å²) in [6.07, 6.45) is 3.17. The minimum atomic E-state index is 0.00189. The fourth-order valence-electron chi connectivity index (χ4n) is 2.28. The number of ketones is 1. The lowest BCUT2D eigenvalue weighted by Crippen LogP contribution is -2.22. The number of rotatable bonds is 9. The second-order valence-electron chi connectivity index (χ2n) is 6.24. The molecule has 4 heteroatoms. The molecule has 0 aliphatic rings. The predicted molar refractivity (Wildman–Crippen MR) is 87.6 cm³/mol. The van der Waals surface area contributed by atoms with Gasteiger partial charge in [0.15, 0.2) is 0 Å². The van der Waals surface area contributed by atoms with Crippen LogP contribution in [-0.4, -0.2) is 16.8 Å². The van der Waals surface area contributed by atoms with E-state index in [-0.39, 0.29) is 17.4 Å². The maximum atomic E-state index is 11.7. The highest BCUT2D eigenvalue weighted by Gasteiger charge is 2.06. The highest BCUT2D eigenvalue weighted by Crippen LogP contribution is 2.16. The lowest BCUT2D eigenvalue weighted by molar-refractivity contribution is -0.122. The summed E-state index contributed by atoms with van der Waals surface area (Å²) in [6, 6.07) is 5.30. The highest BCUT2D eigenvalue weighted by molar-refractivity contribution is 5.78. The van der Waals surface area contributed by atoms with E-state index in [4.69, 9.17) is 0 Å². The molecule has 0 aliphatic carbocycles. The van der Waals surface area contributed by atoms with Crippen LogP contribution >= 0.6 is 0 Å². The molecule has 0 spiro atoms. The van der Waals surface area contributed by atoms with Crippen molar-refractivity contribution in [3.8, 4) is 5.75 Å². The van der Waals surface area contributed by atoms with Crippen LogP contribution < -0.4 is 5.32 Å². The molecule has 22 heavy (non-hydrogen) atoms. The maximum Gasteiger partial charge on any atom is 0.220 e. The molecule has 0 radical (unpaired) electrons. The van der Waals surface area contributed by atoms with Crippen molar-refractivity contribution in [3.63, 3.8) is 0 Å². The number of hydrogen-bond acceptors (Lipinski definition) is 3. The highest BCUT2D eigenvalue weighted by atomic mass is 16.3. The molecule has 0 heterocycles. The van der Waals surface area contributed by atoms with Gasteiger partial charge in [0, 0.05) is 25.8 Å². The molecule has 1 aromatic carbocycles. The minimum absolute atomic E-state index is 0.00189. The number of phenols is 1. The van der Waals surface area contributed by atoms with Crippen LogP contribution in [0.3, 0.4) is 0 Å². The van der Waals surface area contributed by atoms with Crippen LogP contribution in [0, 0.1) is 12.8 Å². The Morgan fingerprint density at radius 2 is 1.86 bits per heavy atom. The predicted octanol–water partition coefficient (Wildman–Crippen LogP) is 3.49. The van der Waals surface area contributed by atoms with E-state index in [0.717, 1.165) is 24.0 Å². The zero-order valence-electron chi connectivity index (χ0n) is 13.8. The summed E-state index contributed by atoms with van der Waals surface area (Å²) in [5.41, 5.74) is 1.77. The van der Waals surface area contributed by atoms with Crippen LogP contribution in [0.25, 0.3) is 0 Å². The van der Waals surface area contributed by atoms with E-state index in [9.17, 15) is 14.7 Å². The summed E-state index contributed by atoms with van der Waals surface area (Å²) < 4.78 is 0. The topological polar surface area (TPSA) is 66.4 Å². The molecular weight excluding hydrogens is 278 g/mol. The number of amides is 1. The van der Waals surface area contributed by atoms with E-state index in [1.165, 1.54) is 0 Å². The average Bonchev–Trinajstić information content (AvgIpc) is 2.44. The van der Waals surface area contributed by atoms with Crippen molar-refractivity contribution < 1.29 is 14.7 Å². The maximum absolute atomic E-state index is 11.7. The second kappa shape index (κ2) is 9.23. The number of aryl methyl sites for hydroxylation is 1. The molecule has 0 saturated carbocycles. The number of aromatic hydroxyl groups is 1. The number of carbonyl (C=O) groups is 2. The third kappa shape index (κ3) is 7.25. The number of nitrogens with one attached hydrogen (secondary N) is 1. The van der Waals surface area contributed by atoms with Gasteiger partial charge in [0.1, 0.15) is 11.5 Å². The standard InChI is InChI=1S/C18H27NO3/c1-13(2)10-16(20)6-4-5-7-18(22)19-12-15-8-9-17(21)14(3)11-15/h8-9,11,13,21H,4-7,10,12H2,1-3H3,(H,19,22). The average molecular weight is 305 g/mol. The molecule has 122 valence electrons. The number of Topliss-reactive ketones (excluding diaryl/α,β-unsaturated/α-hetero) is 1. The van der Waals surface area contributed by atoms with E-state index >= 15 is 0 Å². The fraction of sp³-hybridized carbons (Fsp3) is 0.556. The summed E-state index contributed by atoms with van der Waals surface area (Å²) >= 11 is 0. The van der Waals surface area contributed by atoms with Crippen molar-refractivity contribution in [2.24, 2.45) is 5.92 Å². The first-order valence-electron chi connectivity index (χ1n) is 7.95. The number of phenolic OH excluding ortho intramolecular Hbond substituents is 1. The second-order valence-corrected chi connectivity index (χ2v) is 6.24. The lowest BCUT2D eigenvalue weighted by Gasteiger charge is -2.07. The van der Waals surface area contributed by atoms with Gasteiger partial charge in [0.2, 0.25) is 5.91 Å². The Morgan fingerprint density at radius 1 is 1.18 bits per heavy atom. The third-order valence-electron chi connectivity index (χ3n) is 3.50. The fourth-order valence-corrected chi connectivity index (χ4v) is 2.28. The molecule has 0 aliphatic heterocycles. The van der Waals surface area contributed by atoms with Crippen molar-refractivity contribution >= 4 is 11.7 Å². The molecule has 0 atom stereocenters. The summed E-state index contributed by atoms with van der Waals surface area (Å²) in [4.78, 5) is 23.3. The first kappa shape index (κ1) is 18.2. The van der Waals surface area contributed by atoms with E-state index < -0.39 is 0 Å². The molecule has 4 nitrogen and oxygen atoms in total. The Kier molecular flexibility index (Phi) is 7.64. The van der Waals surface area contributed by atoms with Crippen LogP contribution in [-0.2, 0) is 16.1 Å². The van der Waals surface area contributed by atoms with E-state index in [2.05, 4.69) is 5.32 Å². The van der Waals surface area contributed by atoms with Gasteiger partial charge in [-0.2, -0.15) is 0 Å². The summed E-state index contributed by atoms with van der Waals surface area (Å²) in [5, 5.41) is 12.3. The van der Waals surface area contributed by atoms with Gasteiger partial charge in [0.25, 0.3) is 0 Å².